The van der Waals surface area contributed by atoms with Crippen LogP contribution >= 0.6 is 0 Å². The Hall–Kier alpha value is -1.95. The van der Waals surface area contributed by atoms with Gasteiger partial charge in [0.25, 0.3) is 10.0 Å². The van der Waals surface area contributed by atoms with E-state index in [1.807, 2.05) is 13.8 Å². The van der Waals surface area contributed by atoms with Crippen LogP contribution in [0.15, 0.2) is 47.4 Å². The Labute approximate surface area is 122 Å². The number of halogens is 2. The van der Waals surface area contributed by atoms with Crippen LogP contribution in [0.5, 0.6) is 0 Å². The Kier molecular flexibility index (Phi) is 4.27. The van der Waals surface area contributed by atoms with Gasteiger partial charge in [0, 0.05) is 0 Å². The fourth-order valence-corrected chi connectivity index (χ4v) is 3.15. The number of benzene rings is 2. The van der Waals surface area contributed by atoms with E-state index >= 15 is 0 Å². The molecular formula is C15H15F2NO2S. The number of anilines is 1. The van der Waals surface area contributed by atoms with Crippen LogP contribution in [0.1, 0.15) is 25.3 Å². The van der Waals surface area contributed by atoms with Crippen LogP contribution in [-0.2, 0) is 10.0 Å². The number of rotatable bonds is 4. The average molecular weight is 311 g/mol. The summed E-state index contributed by atoms with van der Waals surface area (Å²) in [6.45, 7) is 3.83. The molecule has 0 aliphatic heterocycles. The molecule has 0 aliphatic rings. The molecule has 2 rings (SSSR count). The van der Waals surface area contributed by atoms with Crippen molar-refractivity contribution >= 4 is 15.7 Å². The van der Waals surface area contributed by atoms with Gasteiger partial charge in [-0.2, -0.15) is 0 Å². The molecule has 3 nitrogen and oxygen atoms in total. The van der Waals surface area contributed by atoms with Crippen LogP contribution in [0.2, 0.25) is 0 Å². The van der Waals surface area contributed by atoms with Crippen molar-refractivity contribution in [3.05, 3.63) is 59.7 Å². The summed E-state index contributed by atoms with van der Waals surface area (Å²) in [7, 11) is -4.19. The first-order chi connectivity index (χ1) is 9.81. The number of sulfonamides is 1. The van der Waals surface area contributed by atoms with E-state index in [-0.39, 0.29) is 5.92 Å². The molecule has 0 aliphatic carbocycles. The molecule has 0 bridgehead atoms. The molecule has 6 heteroatoms. The summed E-state index contributed by atoms with van der Waals surface area (Å²) in [5.41, 5.74) is 1.13. The van der Waals surface area contributed by atoms with Gasteiger partial charge < -0.3 is 0 Å². The molecule has 0 aromatic heterocycles. The first-order valence-electron chi connectivity index (χ1n) is 6.38. The fraction of sp³-hybridized carbons (Fsp3) is 0.200. The summed E-state index contributed by atoms with van der Waals surface area (Å²) >= 11 is 0. The van der Waals surface area contributed by atoms with E-state index in [0.717, 1.165) is 17.7 Å². The number of hydrogen-bond donors (Lipinski definition) is 1. The molecule has 0 saturated carbocycles. The minimum Gasteiger partial charge on any atom is -0.279 e. The van der Waals surface area contributed by atoms with Gasteiger partial charge in [-0.25, -0.2) is 17.2 Å². The predicted molar refractivity (Wildman–Crippen MR) is 77.7 cm³/mol. The molecular weight excluding hydrogens is 296 g/mol. The minimum atomic E-state index is -4.19. The lowest BCUT2D eigenvalue weighted by Gasteiger charge is -2.15. The summed E-state index contributed by atoms with van der Waals surface area (Å²) in [6, 6.07) is 9.15. The highest BCUT2D eigenvalue weighted by Gasteiger charge is 2.21. The third-order valence-corrected chi connectivity index (χ3v) is 4.39. The largest absolute Gasteiger partial charge is 0.279 e. The van der Waals surface area contributed by atoms with Crippen molar-refractivity contribution in [1.29, 1.82) is 0 Å². The van der Waals surface area contributed by atoms with Crippen LogP contribution < -0.4 is 4.72 Å². The van der Waals surface area contributed by atoms with Crippen LogP contribution in [0.3, 0.4) is 0 Å². The van der Waals surface area contributed by atoms with Gasteiger partial charge in [-0.05, 0) is 35.7 Å². The van der Waals surface area contributed by atoms with Crippen LogP contribution in [0.4, 0.5) is 14.5 Å². The number of para-hydroxylation sites is 1. The second-order valence-corrected chi connectivity index (χ2v) is 6.57. The van der Waals surface area contributed by atoms with E-state index < -0.39 is 26.6 Å². The monoisotopic (exact) mass is 311 g/mol. The van der Waals surface area contributed by atoms with Crippen LogP contribution in [0, 0.1) is 11.6 Å². The molecule has 0 spiro atoms. The molecule has 0 fully saturated rings. The highest BCUT2D eigenvalue weighted by molar-refractivity contribution is 7.92. The van der Waals surface area contributed by atoms with Crippen molar-refractivity contribution in [2.24, 2.45) is 0 Å². The van der Waals surface area contributed by atoms with Gasteiger partial charge >= 0.3 is 0 Å². The normalized spacial score (nSPS) is 11.7. The third kappa shape index (κ3) is 3.39. The quantitative estimate of drug-likeness (QED) is 0.931. The zero-order chi connectivity index (χ0) is 15.6. The number of nitrogens with one attached hydrogen (secondary N) is 1. The second-order valence-electron chi connectivity index (χ2n) is 4.92. The first kappa shape index (κ1) is 15.4. The topological polar surface area (TPSA) is 46.2 Å². The van der Waals surface area contributed by atoms with Crippen molar-refractivity contribution < 1.29 is 17.2 Å². The van der Waals surface area contributed by atoms with Gasteiger partial charge in [-0.1, -0.05) is 32.0 Å². The lowest BCUT2D eigenvalue weighted by molar-refractivity contribution is 0.555. The Morgan fingerprint density at radius 1 is 1.05 bits per heavy atom. The van der Waals surface area contributed by atoms with E-state index in [1.54, 1.807) is 24.3 Å². The Balaban J connectivity index is 2.45. The van der Waals surface area contributed by atoms with Crippen molar-refractivity contribution in [2.45, 2.75) is 24.7 Å². The molecule has 0 radical (unpaired) electrons. The summed E-state index contributed by atoms with van der Waals surface area (Å²) in [6.07, 6.45) is 0. The zero-order valence-electron chi connectivity index (χ0n) is 11.6. The van der Waals surface area contributed by atoms with Gasteiger partial charge in [-0.15, -0.1) is 0 Å². The van der Waals surface area contributed by atoms with Crippen molar-refractivity contribution in [3.63, 3.8) is 0 Å². The van der Waals surface area contributed by atoms with E-state index in [2.05, 4.69) is 4.72 Å². The maximum atomic E-state index is 13.6. The maximum absolute atomic E-state index is 13.6. The smallest absolute Gasteiger partial charge is 0.264 e. The molecule has 112 valence electrons. The van der Waals surface area contributed by atoms with Gasteiger partial charge in [0.2, 0.25) is 0 Å². The minimum absolute atomic E-state index is 0.0845. The fourth-order valence-electron chi connectivity index (χ4n) is 1.98. The van der Waals surface area contributed by atoms with E-state index in [4.69, 9.17) is 0 Å². The zero-order valence-corrected chi connectivity index (χ0v) is 12.4. The lowest BCUT2D eigenvalue weighted by atomic mass is 10.0. The van der Waals surface area contributed by atoms with Crippen LogP contribution in [-0.4, -0.2) is 8.42 Å². The molecule has 0 atom stereocenters. The highest BCUT2D eigenvalue weighted by atomic mass is 32.2. The summed E-state index contributed by atoms with van der Waals surface area (Å²) in [5, 5.41) is 0. The Bertz CT molecular complexity index is 758. The first-order valence-corrected chi connectivity index (χ1v) is 7.86. The summed E-state index contributed by atoms with van der Waals surface area (Å²) < 4.78 is 53.6. The Morgan fingerprint density at radius 2 is 1.71 bits per heavy atom. The summed E-state index contributed by atoms with van der Waals surface area (Å²) in [5.74, 6) is -1.72. The standard InChI is InChI=1S/C15H15F2NO2S/c1-10(2)12-5-3-4-6-14(12)18-21(19,20)15-9-11(16)7-8-13(15)17/h3-10,18H,1-2H3. The molecule has 0 saturated heterocycles. The van der Waals surface area contributed by atoms with E-state index in [1.165, 1.54) is 0 Å². The van der Waals surface area contributed by atoms with Crippen molar-refractivity contribution in [2.75, 3.05) is 4.72 Å². The molecule has 0 unspecified atom stereocenters. The van der Waals surface area contributed by atoms with Gasteiger partial charge in [-0.3, -0.25) is 4.72 Å². The molecule has 0 heterocycles. The van der Waals surface area contributed by atoms with Gasteiger partial charge in [0.1, 0.15) is 16.5 Å². The lowest BCUT2D eigenvalue weighted by Crippen LogP contribution is -2.16. The van der Waals surface area contributed by atoms with E-state index in [0.29, 0.717) is 11.8 Å². The molecule has 0 amide bonds. The van der Waals surface area contributed by atoms with E-state index in [9.17, 15) is 17.2 Å². The van der Waals surface area contributed by atoms with Crippen molar-refractivity contribution in [3.8, 4) is 0 Å². The predicted octanol–water partition coefficient (Wildman–Crippen LogP) is 3.89. The maximum Gasteiger partial charge on any atom is 0.264 e. The SMILES string of the molecule is CC(C)c1ccccc1NS(=O)(=O)c1cc(F)ccc1F. The summed E-state index contributed by atoms with van der Waals surface area (Å²) in [4.78, 5) is -0.707. The Morgan fingerprint density at radius 3 is 2.38 bits per heavy atom. The van der Waals surface area contributed by atoms with Crippen molar-refractivity contribution in [1.82, 2.24) is 0 Å². The highest BCUT2D eigenvalue weighted by Crippen LogP contribution is 2.27. The third-order valence-electron chi connectivity index (χ3n) is 3.01. The van der Waals surface area contributed by atoms with Gasteiger partial charge in [0.15, 0.2) is 0 Å². The van der Waals surface area contributed by atoms with Gasteiger partial charge in [0.05, 0.1) is 5.69 Å². The number of hydrogen-bond acceptors (Lipinski definition) is 2. The molecule has 2 aromatic rings. The molecule has 2 aromatic carbocycles. The molecule has 1 N–H and O–H groups in total. The average Bonchev–Trinajstić information content (AvgIpc) is 2.41. The molecule has 21 heavy (non-hydrogen) atoms. The second kappa shape index (κ2) is 5.81. The van der Waals surface area contributed by atoms with Crippen LogP contribution in [0.25, 0.3) is 0 Å².